The second-order valence-electron chi connectivity index (χ2n) is 2.91. The fourth-order valence-electron chi connectivity index (χ4n) is 1.12. The van der Waals surface area contributed by atoms with Crippen molar-refractivity contribution in [2.45, 2.75) is 12.5 Å². The smallest absolute Gasteiger partial charge is 0.159 e. The Morgan fingerprint density at radius 2 is 1.93 bits per heavy atom. The molecule has 0 aliphatic rings. The van der Waals surface area contributed by atoms with Crippen LogP contribution in [0.1, 0.15) is 18.0 Å². The van der Waals surface area contributed by atoms with Gasteiger partial charge in [0, 0.05) is 17.1 Å². The molecule has 0 bridgehead atoms. The number of benzene rings is 1. The third-order valence-corrected chi connectivity index (χ3v) is 2.57. The molecule has 14 heavy (non-hydrogen) atoms. The van der Waals surface area contributed by atoms with E-state index in [1.165, 1.54) is 0 Å². The highest BCUT2D eigenvalue weighted by molar-refractivity contribution is 9.10. The van der Waals surface area contributed by atoms with E-state index in [-0.39, 0.29) is 6.61 Å². The molecular weight excluding hydrogens is 256 g/mol. The zero-order chi connectivity index (χ0) is 10.7. The highest BCUT2D eigenvalue weighted by Gasteiger charge is 2.13. The number of hydrogen-bond acceptors (Lipinski definition) is 2. The molecule has 3 N–H and O–H groups in total. The molecule has 0 spiro atoms. The third-order valence-electron chi connectivity index (χ3n) is 1.88. The quantitative estimate of drug-likeness (QED) is 0.823. The lowest BCUT2D eigenvalue weighted by molar-refractivity contribution is 0.276. The monoisotopic (exact) mass is 265 g/mol. The second-order valence-corrected chi connectivity index (χ2v) is 3.76. The maximum absolute atomic E-state index is 12.8. The molecule has 78 valence electrons. The van der Waals surface area contributed by atoms with Crippen molar-refractivity contribution >= 4 is 15.9 Å². The molecule has 0 saturated carbocycles. The predicted octanol–water partition coefficient (Wildman–Crippen LogP) is 2.11. The Balaban J connectivity index is 3.02. The molecule has 2 nitrogen and oxygen atoms in total. The lowest BCUT2D eigenvalue weighted by Gasteiger charge is -2.12. The Labute approximate surface area is 88.9 Å². The van der Waals surface area contributed by atoms with Crippen LogP contribution in [0.15, 0.2) is 16.6 Å². The lowest BCUT2D eigenvalue weighted by Crippen LogP contribution is -2.13. The van der Waals surface area contributed by atoms with E-state index in [0.29, 0.717) is 16.5 Å². The largest absolute Gasteiger partial charge is 0.396 e. The van der Waals surface area contributed by atoms with Crippen molar-refractivity contribution in [2.75, 3.05) is 6.61 Å². The zero-order valence-corrected chi connectivity index (χ0v) is 8.89. The van der Waals surface area contributed by atoms with Gasteiger partial charge in [-0.3, -0.25) is 0 Å². The molecular formula is C9H10BrF2NO. The van der Waals surface area contributed by atoms with Crippen LogP contribution in [0.5, 0.6) is 0 Å². The highest BCUT2D eigenvalue weighted by atomic mass is 79.9. The zero-order valence-electron chi connectivity index (χ0n) is 7.30. The standard InChI is InChI=1S/C9H10BrF2NO/c10-6-4-8(12)7(11)3-5(6)9(13)1-2-14/h3-4,9,14H,1-2,13H2/t9-/m1/s1. The van der Waals surface area contributed by atoms with Gasteiger partial charge in [-0.05, 0) is 24.1 Å². The van der Waals surface area contributed by atoms with Gasteiger partial charge in [-0.25, -0.2) is 8.78 Å². The molecule has 1 atom stereocenters. The normalized spacial score (nSPS) is 12.9. The molecule has 0 aliphatic carbocycles. The Hall–Kier alpha value is -0.520. The van der Waals surface area contributed by atoms with Crippen LogP contribution in [0, 0.1) is 11.6 Å². The molecule has 0 fully saturated rings. The van der Waals surface area contributed by atoms with Crippen LogP contribution >= 0.6 is 15.9 Å². The molecule has 0 aromatic heterocycles. The lowest BCUT2D eigenvalue weighted by atomic mass is 10.1. The van der Waals surface area contributed by atoms with E-state index in [4.69, 9.17) is 10.8 Å². The number of rotatable bonds is 3. The fraction of sp³-hybridized carbons (Fsp3) is 0.333. The van der Waals surface area contributed by atoms with Gasteiger partial charge in [0.2, 0.25) is 0 Å². The van der Waals surface area contributed by atoms with E-state index in [0.717, 1.165) is 12.1 Å². The van der Waals surface area contributed by atoms with Gasteiger partial charge in [-0.2, -0.15) is 0 Å². The van der Waals surface area contributed by atoms with Crippen LogP contribution in [0.2, 0.25) is 0 Å². The summed E-state index contributed by atoms with van der Waals surface area (Å²) in [6, 6.07) is 1.58. The minimum Gasteiger partial charge on any atom is -0.396 e. The maximum Gasteiger partial charge on any atom is 0.159 e. The summed E-state index contributed by atoms with van der Waals surface area (Å²) in [6.45, 7) is -0.0907. The molecule has 1 rings (SSSR count). The second kappa shape index (κ2) is 4.82. The van der Waals surface area contributed by atoms with Crippen molar-refractivity contribution < 1.29 is 13.9 Å². The van der Waals surface area contributed by atoms with Crippen LogP contribution in [0.25, 0.3) is 0 Å². The highest BCUT2D eigenvalue weighted by Crippen LogP contribution is 2.26. The summed E-state index contributed by atoms with van der Waals surface area (Å²) in [7, 11) is 0. The van der Waals surface area contributed by atoms with E-state index < -0.39 is 17.7 Å². The average molecular weight is 266 g/mol. The molecule has 1 aromatic carbocycles. The number of aliphatic hydroxyl groups is 1. The first-order chi connectivity index (χ1) is 6.56. The van der Waals surface area contributed by atoms with E-state index in [1.54, 1.807) is 0 Å². The average Bonchev–Trinajstić information content (AvgIpc) is 2.11. The molecule has 5 heteroatoms. The summed E-state index contributed by atoms with van der Waals surface area (Å²) >= 11 is 3.08. The topological polar surface area (TPSA) is 46.2 Å². The number of nitrogens with two attached hydrogens (primary N) is 1. The van der Waals surface area contributed by atoms with Crippen LogP contribution in [0.4, 0.5) is 8.78 Å². The maximum atomic E-state index is 12.8. The van der Waals surface area contributed by atoms with Crippen LogP contribution in [0.3, 0.4) is 0 Å². The Kier molecular flexibility index (Phi) is 3.97. The minimum absolute atomic E-state index is 0.0907. The van der Waals surface area contributed by atoms with Crippen LogP contribution in [-0.4, -0.2) is 11.7 Å². The van der Waals surface area contributed by atoms with Crippen molar-refractivity contribution in [3.8, 4) is 0 Å². The van der Waals surface area contributed by atoms with E-state index in [9.17, 15) is 8.78 Å². The molecule has 0 amide bonds. The fourth-order valence-corrected chi connectivity index (χ4v) is 1.73. The van der Waals surface area contributed by atoms with Crippen molar-refractivity contribution in [1.29, 1.82) is 0 Å². The predicted molar refractivity (Wildman–Crippen MR) is 52.7 cm³/mol. The first kappa shape index (κ1) is 11.6. The van der Waals surface area contributed by atoms with Gasteiger partial charge < -0.3 is 10.8 Å². The van der Waals surface area contributed by atoms with Crippen molar-refractivity contribution in [1.82, 2.24) is 0 Å². The summed E-state index contributed by atoms with van der Waals surface area (Å²) in [5, 5.41) is 8.65. The summed E-state index contributed by atoms with van der Waals surface area (Å²) in [5.74, 6) is -1.85. The molecule has 0 heterocycles. The molecule has 0 aliphatic heterocycles. The Morgan fingerprint density at radius 3 is 2.50 bits per heavy atom. The molecule has 1 aromatic rings. The minimum atomic E-state index is -0.934. The van der Waals surface area contributed by atoms with Crippen LogP contribution in [-0.2, 0) is 0 Å². The third kappa shape index (κ3) is 2.50. The summed E-state index contributed by atoms with van der Waals surface area (Å²) in [6.07, 6.45) is 0.309. The number of aliphatic hydroxyl groups excluding tert-OH is 1. The van der Waals surface area contributed by atoms with Gasteiger partial charge in [-0.1, -0.05) is 15.9 Å². The van der Waals surface area contributed by atoms with Gasteiger partial charge in [0.05, 0.1) is 0 Å². The van der Waals surface area contributed by atoms with Crippen molar-refractivity contribution in [3.05, 3.63) is 33.8 Å². The van der Waals surface area contributed by atoms with Gasteiger partial charge >= 0.3 is 0 Å². The van der Waals surface area contributed by atoms with Crippen molar-refractivity contribution in [2.24, 2.45) is 5.73 Å². The van der Waals surface area contributed by atoms with Crippen LogP contribution < -0.4 is 5.73 Å². The first-order valence-corrected chi connectivity index (χ1v) is 4.86. The Morgan fingerprint density at radius 1 is 1.36 bits per heavy atom. The number of hydrogen-bond donors (Lipinski definition) is 2. The van der Waals surface area contributed by atoms with E-state index in [1.807, 2.05) is 0 Å². The summed E-state index contributed by atoms with van der Waals surface area (Å²) in [4.78, 5) is 0. The summed E-state index contributed by atoms with van der Waals surface area (Å²) < 4.78 is 26.0. The number of halogens is 3. The van der Waals surface area contributed by atoms with E-state index in [2.05, 4.69) is 15.9 Å². The Bertz CT molecular complexity index is 333. The van der Waals surface area contributed by atoms with Gasteiger partial charge in [-0.15, -0.1) is 0 Å². The van der Waals surface area contributed by atoms with Gasteiger partial charge in [0.15, 0.2) is 11.6 Å². The molecule has 0 saturated heterocycles. The van der Waals surface area contributed by atoms with Gasteiger partial charge in [0.25, 0.3) is 0 Å². The first-order valence-electron chi connectivity index (χ1n) is 4.07. The van der Waals surface area contributed by atoms with Crippen molar-refractivity contribution in [3.63, 3.8) is 0 Å². The SMILES string of the molecule is N[C@H](CCO)c1cc(F)c(F)cc1Br. The van der Waals surface area contributed by atoms with E-state index >= 15 is 0 Å². The molecule has 0 unspecified atom stereocenters. The van der Waals surface area contributed by atoms with Gasteiger partial charge in [0.1, 0.15) is 0 Å². The summed E-state index contributed by atoms with van der Waals surface area (Å²) in [5.41, 5.74) is 6.10. The molecule has 0 radical (unpaired) electrons.